The Bertz CT molecular complexity index is 815. The second kappa shape index (κ2) is 9.68. The lowest BCUT2D eigenvalue weighted by atomic mass is 10.1. The van der Waals surface area contributed by atoms with Gasteiger partial charge in [0.2, 0.25) is 0 Å². The molecule has 0 aliphatic heterocycles. The highest BCUT2D eigenvalue weighted by Gasteiger charge is 2.15. The third kappa shape index (κ3) is 5.79. The zero-order valence-electron chi connectivity index (χ0n) is 15.5. The van der Waals surface area contributed by atoms with Crippen molar-refractivity contribution in [3.63, 3.8) is 0 Å². The molecule has 2 rings (SSSR count). The molecular formula is C20H22N2O4S. The Balaban J connectivity index is 2.25. The predicted molar refractivity (Wildman–Crippen MR) is 109 cm³/mol. The normalized spacial score (nSPS) is 10.0. The summed E-state index contributed by atoms with van der Waals surface area (Å²) in [5.41, 5.74) is 2.86. The SMILES string of the molecule is CCOC(=O)c1cc(NC(=S)Nc2ccccc2C)cc(C(=O)OCC)c1. The van der Waals surface area contributed by atoms with Crippen LogP contribution in [0.3, 0.4) is 0 Å². The van der Waals surface area contributed by atoms with E-state index in [0.717, 1.165) is 11.3 Å². The molecule has 27 heavy (non-hydrogen) atoms. The van der Waals surface area contributed by atoms with E-state index in [1.807, 2.05) is 31.2 Å². The lowest BCUT2D eigenvalue weighted by Gasteiger charge is -2.14. The highest BCUT2D eigenvalue weighted by atomic mass is 32.1. The molecule has 0 amide bonds. The molecule has 0 heterocycles. The molecular weight excluding hydrogens is 364 g/mol. The van der Waals surface area contributed by atoms with Crippen LogP contribution in [0.2, 0.25) is 0 Å². The quantitative estimate of drug-likeness (QED) is 0.570. The van der Waals surface area contributed by atoms with Gasteiger partial charge in [-0.1, -0.05) is 18.2 Å². The lowest BCUT2D eigenvalue weighted by molar-refractivity contribution is 0.0525. The van der Waals surface area contributed by atoms with E-state index in [1.54, 1.807) is 26.0 Å². The Morgan fingerprint density at radius 3 is 2.00 bits per heavy atom. The van der Waals surface area contributed by atoms with Gasteiger partial charge in [0.05, 0.1) is 24.3 Å². The number of rotatable bonds is 6. The molecule has 0 saturated heterocycles. The Morgan fingerprint density at radius 1 is 0.926 bits per heavy atom. The number of nitrogens with one attached hydrogen (secondary N) is 2. The maximum absolute atomic E-state index is 12.1. The Kier molecular flexibility index (Phi) is 7.31. The van der Waals surface area contributed by atoms with Gasteiger partial charge in [0, 0.05) is 11.4 Å². The van der Waals surface area contributed by atoms with Gasteiger partial charge in [-0.15, -0.1) is 0 Å². The van der Waals surface area contributed by atoms with E-state index < -0.39 is 11.9 Å². The summed E-state index contributed by atoms with van der Waals surface area (Å²) in [7, 11) is 0. The number of anilines is 2. The summed E-state index contributed by atoms with van der Waals surface area (Å²) >= 11 is 5.34. The lowest BCUT2D eigenvalue weighted by Crippen LogP contribution is -2.20. The molecule has 2 aromatic carbocycles. The molecule has 6 nitrogen and oxygen atoms in total. The van der Waals surface area contributed by atoms with E-state index in [2.05, 4.69) is 10.6 Å². The van der Waals surface area contributed by atoms with Crippen molar-refractivity contribution < 1.29 is 19.1 Å². The molecule has 0 spiro atoms. The van der Waals surface area contributed by atoms with Crippen molar-refractivity contribution in [2.24, 2.45) is 0 Å². The average molecular weight is 386 g/mol. The Morgan fingerprint density at radius 2 is 1.48 bits per heavy atom. The number of ether oxygens (including phenoxy) is 2. The summed E-state index contributed by atoms with van der Waals surface area (Å²) in [6.07, 6.45) is 0. The molecule has 2 aromatic rings. The minimum absolute atomic E-state index is 0.235. The number of para-hydroxylation sites is 1. The first kappa shape index (κ1) is 20.4. The minimum Gasteiger partial charge on any atom is -0.462 e. The third-order valence-corrected chi connectivity index (χ3v) is 3.81. The summed E-state index contributed by atoms with van der Waals surface area (Å²) < 4.78 is 10.1. The van der Waals surface area contributed by atoms with Gasteiger partial charge >= 0.3 is 11.9 Å². The molecule has 7 heteroatoms. The van der Waals surface area contributed by atoms with Crippen molar-refractivity contribution in [2.75, 3.05) is 23.8 Å². The average Bonchev–Trinajstić information content (AvgIpc) is 2.63. The van der Waals surface area contributed by atoms with Crippen molar-refractivity contribution in [2.45, 2.75) is 20.8 Å². The summed E-state index contributed by atoms with van der Waals surface area (Å²) in [5.74, 6) is -1.05. The Labute approximate surface area is 163 Å². The molecule has 0 radical (unpaired) electrons. The number of hydrogen-bond acceptors (Lipinski definition) is 5. The molecule has 0 aliphatic rings. The maximum Gasteiger partial charge on any atom is 0.338 e. The summed E-state index contributed by atoms with van der Waals surface area (Å²) in [6.45, 7) is 5.86. The van der Waals surface area contributed by atoms with E-state index in [-0.39, 0.29) is 24.3 Å². The fraction of sp³-hybridized carbons (Fsp3) is 0.250. The fourth-order valence-corrected chi connectivity index (χ4v) is 2.59. The van der Waals surface area contributed by atoms with Crippen molar-refractivity contribution in [1.82, 2.24) is 0 Å². The van der Waals surface area contributed by atoms with Crippen LogP contribution in [0.15, 0.2) is 42.5 Å². The molecule has 0 saturated carbocycles. The fourth-order valence-electron chi connectivity index (χ4n) is 2.36. The molecule has 2 N–H and O–H groups in total. The van der Waals surface area contributed by atoms with Gasteiger partial charge in [0.25, 0.3) is 0 Å². The zero-order valence-corrected chi connectivity index (χ0v) is 16.3. The van der Waals surface area contributed by atoms with E-state index in [1.165, 1.54) is 6.07 Å². The standard InChI is InChI=1S/C20H22N2O4S/c1-4-25-18(23)14-10-15(19(24)26-5-2)12-16(11-14)21-20(27)22-17-9-7-6-8-13(17)3/h6-12H,4-5H2,1-3H3,(H2,21,22,27). The van der Waals surface area contributed by atoms with Crippen LogP contribution in [0.5, 0.6) is 0 Å². The molecule has 0 fully saturated rings. The number of thiocarbonyl (C=S) groups is 1. The molecule has 142 valence electrons. The van der Waals surface area contributed by atoms with E-state index in [9.17, 15) is 9.59 Å². The van der Waals surface area contributed by atoms with Crippen molar-refractivity contribution in [1.29, 1.82) is 0 Å². The highest BCUT2D eigenvalue weighted by molar-refractivity contribution is 7.80. The van der Waals surface area contributed by atoms with Gasteiger partial charge in [-0.25, -0.2) is 9.59 Å². The van der Waals surface area contributed by atoms with Crippen LogP contribution in [0.4, 0.5) is 11.4 Å². The van der Waals surface area contributed by atoms with E-state index in [4.69, 9.17) is 21.7 Å². The number of carbonyl (C=O) groups is 2. The molecule has 0 aromatic heterocycles. The monoisotopic (exact) mass is 386 g/mol. The number of aryl methyl sites for hydroxylation is 1. The van der Waals surface area contributed by atoms with Gasteiger partial charge in [0.1, 0.15) is 0 Å². The summed E-state index contributed by atoms with van der Waals surface area (Å²) in [6, 6.07) is 12.3. The van der Waals surface area contributed by atoms with Gasteiger partial charge in [0.15, 0.2) is 5.11 Å². The van der Waals surface area contributed by atoms with Crippen LogP contribution in [0, 0.1) is 6.92 Å². The van der Waals surface area contributed by atoms with Crippen LogP contribution in [-0.4, -0.2) is 30.3 Å². The first-order valence-electron chi connectivity index (χ1n) is 8.57. The first-order valence-corrected chi connectivity index (χ1v) is 8.98. The smallest absolute Gasteiger partial charge is 0.338 e. The third-order valence-electron chi connectivity index (χ3n) is 3.61. The van der Waals surface area contributed by atoms with Gasteiger partial charge in [-0.3, -0.25) is 0 Å². The second-order valence-electron chi connectivity index (χ2n) is 5.63. The predicted octanol–water partition coefficient (Wildman–Crippen LogP) is 4.16. The second-order valence-corrected chi connectivity index (χ2v) is 6.04. The number of benzene rings is 2. The summed E-state index contributed by atoms with van der Waals surface area (Å²) in [5, 5.41) is 6.42. The molecule has 0 atom stereocenters. The van der Waals surface area contributed by atoms with Gasteiger partial charge in [-0.05, 0) is 62.8 Å². The number of carbonyl (C=O) groups excluding carboxylic acids is 2. The zero-order chi connectivity index (χ0) is 19.8. The largest absolute Gasteiger partial charge is 0.462 e. The van der Waals surface area contributed by atoms with E-state index >= 15 is 0 Å². The van der Waals surface area contributed by atoms with Crippen LogP contribution in [-0.2, 0) is 9.47 Å². The van der Waals surface area contributed by atoms with Crippen LogP contribution in [0.25, 0.3) is 0 Å². The van der Waals surface area contributed by atoms with Crippen LogP contribution in [0.1, 0.15) is 40.1 Å². The number of hydrogen-bond donors (Lipinski definition) is 2. The first-order chi connectivity index (χ1) is 12.9. The number of esters is 2. The maximum atomic E-state index is 12.1. The van der Waals surface area contributed by atoms with Gasteiger partial charge < -0.3 is 20.1 Å². The molecule has 0 aliphatic carbocycles. The van der Waals surface area contributed by atoms with Gasteiger partial charge in [-0.2, -0.15) is 0 Å². The van der Waals surface area contributed by atoms with E-state index in [0.29, 0.717) is 10.8 Å². The van der Waals surface area contributed by atoms with Crippen molar-refractivity contribution in [3.05, 3.63) is 59.2 Å². The van der Waals surface area contributed by atoms with Crippen LogP contribution >= 0.6 is 12.2 Å². The Hall–Kier alpha value is -2.93. The van der Waals surface area contributed by atoms with Crippen molar-refractivity contribution in [3.8, 4) is 0 Å². The minimum atomic E-state index is -0.524. The van der Waals surface area contributed by atoms with Crippen LogP contribution < -0.4 is 10.6 Å². The van der Waals surface area contributed by atoms with Crippen molar-refractivity contribution >= 4 is 40.6 Å². The highest BCUT2D eigenvalue weighted by Crippen LogP contribution is 2.19. The molecule has 0 unspecified atom stereocenters. The molecule has 0 bridgehead atoms. The topological polar surface area (TPSA) is 76.7 Å². The summed E-state index contributed by atoms with van der Waals surface area (Å²) in [4.78, 5) is 24.2.